The third-order valence-corrected chi connectivity index (χ3v) is 4.66. The van der Waals surface area contributed by atoms with E-state index in [1.54, 1.807) is 7.11 Å². The highest BCUT2D eigenvalue weighted by atomic mass is 32.2. The van der Waals surface area contributed by atoms with Crippen molar-refractivity contribution in [2.45, 2.75) is 32.2 Å². The molecule has 1 aliphatic heterocycles. The Kier molecular flexibility index (Phi) is 5.58. The minimum atomic E-state index is -0.651. The van der Waals surface area contributed by atoms with E-state index in [0.717, 1.165) is 37.3 Å². The van der Waals surface area contributed by atoms with Crippen LogP contribution in [0.15, 0.2) is 6.33 Å². The third-order valence-electron chi connectivity index (χ3n) is 3.28. The molecule has 0 saturated carbocycles. The van der Waals surface area contributed by atoms with Crippen LogP contribution in [0, 0.1) is 0 Å². The minimum Gasteiger partial charge on any atom is -0.490 e. The molecule has 2 rings (SSSR count). The molecule has 1 aromatic rings. The van der Waals surface area contributed by atoms with Gasteiger partial charge in [-0.2, -0.15) is 0 Å². The maximum absolute atomic E-state index is 11.4. The summed E-state index contributed by atoms with van der Waals surface area (Å²) in [4.78, 5) is 8.49. The van der Waals surface area contributed by atoms with Crippen LogP contribution in [-0.2, 0) is 10.8 Å². The number of methoxy groups -OCH3 is 1. The van der Waals surface area contributed by atoms with Gasteiger partial charge in [0.25, 0.3) is 0 Å². The first-order chi connectivity index (χ1) is 9.74. The Labute approximate surface area is 122 Å². The fourth-order valence-corrected chi connectivity index (χ4v) is 3.47. The molecule has 0 unspecified atom stereocenters. The number of nitrogens with one attached hydrogen (secondary N) is 2. The van der Waals surface area contributed by atoms with E-state index >= 15 is 0 Å². The molecule has 1 aromatic heterocycles. The molecule has 6 nitrogen and oxygen atoms in total. The molecule has 0 aliphatic carbocycles. The number of anilines is 2. The van der Waals surface area contributed by atoms with E-state index in [2.05, 4.69) is 27.5 Å². The molecule has 1 aliphatic rings. The molecule has 1 saturated heterocycles. The summed E-state index contributed by atoms with van der Waals surface area (Å²) >= 11 is 0. The number of rotatable bonds is 6. The second-order valence-electron chi connectivity index (χ2n) is 4.80. The quantitative estimate of drug-likeness (QED) is 0.831. The summed E-state index contributed by atoms with van der Waals surface area (Å²) in [5.41, 5.74) is 0. The average Bonchev–Trinajstić information content (AvgIpc) is 2.47. The first kappa shape index (κ1) is 15.0. The van der Waals surface area contributed by atoms with Crippen LogP contribution < -0.4 is 15.4 Å². The lowest BCUT2D eigenvalue weighted by Gasteiger charge is -2.24. The maximum Gasteiger partial charge on any atom is 0.204 e. The number of aromatic nitrogens is 2. The van der Waals surface area contributed by atoms with Gasteiger partial charge in [0, 0.05) is 34.9 Å². The zero-order chi connectivity index (χ0) is 14.4. The first-order valence-electron chi connectivity index (χ1n) is 6.99. The molecular weight excluding hydrogens is 276 g/mol. The summed E-state index contributed by atoms with van der Waals surface area (Å²) in [6, 6.07) is 0.301. The van der Waals surface area contributed by atoms with Gasteiger partial charge in [-0.05, 0) is 19.3 Å². The molecule has 112 valence electrons. The Hall–Kier alpha value is -1.37. The van der Waals surface area contributed by atoms with E-state index in [0.29, 0.717) is 23.4 Å². The molecule has 2 heterocycles. The van der Waals surface area contributed by atoms with E-state index < -0.39 is 10.8 Å². The number of nitrogens with zero attached hydrogens (tertiary/aromatic N) is 2. The molecular formula is C13H22N4O2S. The van der Waals surface area contributed by atoms with Crippen LogP contribution >= 0.6 is 0 Å². The summed E-state index contributed by atoms with van der Waals surface area (Å²) < 4.78 is 16.8. The van der Waals surface area contributed by atoms with E-state index in [1.807, 2.05) is 0 Å². The lowest BCUT2D eigenvalue weighted by molar-refractivity contribution is 0.413. The molecule has 0 aromatic carbocycles. The van der Waals surface area contributed by atoms with Gasteiger partial charge in [0.05, 0.1) is 7.11 Å². The molecule has 0 atom stereocenters. The predicted octanol–water partition coefficient (Wildman–Crippen LogP) is 1.63. The lowest BCUT2D eigenvalue weighted by atomic mass is 10.1. The van der Waals surface area contributed by atoms with E-state index in [1.165, 1.54) is 6.33 Å². The summed E-state index contributed by atoms with van der Waals surface area (Å²) in [5, 5.41) is 6.62. The Morgan fingerprint density at radius 2 is 2.05 bits per heavy atom. The fraction of sp³-hybridized carbons (Fsp3) is 0.692. The fourth-order valence-electron chi connectivity index (χ4n) is 2.17. The molecule has 0 spiro atoms. The van der Waals surface area contributed by atoms with Crippen LogP contribution in [0.1, 0.15) is 26.2 Å². The van der Waals surface area contributed by atoms with E-state index in [-0.39, 0.29) is 0 Å². The number of hydrogen-bond acceptors (Lipinski definition) is 6. The van der Waals surface area contributed by atoms with Crippen LogP contribution in [0.4, 0.5) is 11.6 Å². The van der Waals surface area contributed by atoms with E-state index in [9.17, 15) is 4.21 Å². The molecule has 0 amide bonds. The van der Waals surface area contributed by atoms with Gasteiger partial charge >= 0.3 is 0 Å². The molecule has 1 fully saturated rings. The highest BCUT2D eigenvalue weighted by molar-refractivity contribution is 7.85. The van der Waals surface area contributed by atoms with Gasteiger partial charge in [-0.3, -0.25) is 4.21 Å². The summed E-state index contributed by atoms with van der Waals surface area (Å²) in [5.74, 6) is 3.58. The van der Waals surface area contributed by atoms with Crippen LogP contribution in [0.3, 0.4) is 0 Å². The molecule has 0 radical (unpaired) electrons. The van der Waals surface area contributed by atoms with Gasteiger partial charge in [-0.1, -0.05) is 6.92 Å². The van der Waals surface area contributed by atoms with Crippen molar-refractivity contribution in [1.29, 1.82) is 0 Å². The second kappa shape index (κ2) is 7.42. The van der Waals surface area contributed by atoms with Crippen molar-refractivity contribution in [2.75, 3.05) is 35.8 Å². The largest absolute Gasteiger partial charge is 0.490 e. The van der Waals surface area contributed by atoms with Gasteiger partial charge in [-0.25, -0.2) is 9.97 Å². The Bertz CT molecular complexity index is 460. The van der Waals surface area contributed by atoms with Gasteiger partial charge < -0.3 is 15.4 Å². The van der Waals surface area contributed by atoms with Crippen molar-refractivity contribution >= 4 is 22.4 Å². The van der Waals surface area contributed by atoms with Crippen molar-refractivity contribution in [3.05, 3.63) is 6.33 Å². The smallest absolute Gasteiger partial charge is 0.204 e. The van der Waals surface area contributed by atoms with Gasteiger partial charge in [-0.15, -0.1) is 0 Å². The van der Waals surface area contributed by atoms with Crippen molar-refractivity contribution < 1.29 is 8.95 Å². The normalized spacial score (nSPS) is 22.3. The summed E-state index contributed by atoms with van der Waals surface area (Å²) in [6.07, 6.45) is 4.35. The Morgan fingerprint density at radius 3 is 2.70 bits per heavy atom. The van der Waals surface area contributed by atoms with Gasteiger partial charge in [0.15, 0.2) is 11.6 Å². The topological polar surface area (TPSA) is 76.1 Å². The van der Waals surface area contributed by atoms with Crippen LogP contribution in [-0.4, -0.2) is 45.4 Å². The maximum atomic E-state index is 11.4. The predicted molar refractivity (Wildman–Crippen MR) is 81.9 cm³/mol. The average molecular weight is 298 g/mol. The van der Waals surface area contributed by atoms with Gasteiger partial charge in [0.2, 0.25) is 5.75 Å². The summed E-state index contributed by atoms with van der Waals surface area (Å²) in [6.45, 7) is 2.94. The zero-order valence-electron chi connectivity index (χ0n) is 12.0. The zero-order valence-corrected chi connectivity index (χ0v) is 12.8. The van der Waals surface area contributed by atoms with Gasteiger partial charge in [0.1, 0.15) is 6.33 Å². The number of ether oxygens (including phenoxy) is 1. The van der Waals surface area contributed by atoms with Crippen molar-refractivity contribution in [2.24, 2.45) is 0 Å². The number of hydrogen-bond donors (Lipinski definition) is 2. The molecule has 2 N–H and O–H groups in total. The standard InChI is InChI=1S/C13H22N4O2S/c1-3-6-14-12-11(19-2)13(16-9-15-12)17-10-4-7-20(18)8-5-10/h9-10H,3-8H2,1-2H3,(H2,14,15,16,17). The lowest BCUT2D eigenvalue weighted by Crippen LogP contribution is -2.30. The van der Waals surface area contributed by atoms with Crippen molar-refractivity contribution in [1.82, 2.24) is 9.97 Å². The second-order valence-corrected chi connectivity index (χ2v) is 6.49. The Morgan fingerprint density at radius 1 is 1.35 bits per heavy atom. The summed E-state index contributed by atoms with van der Waals surface area (Å²) in [7, 11) is 0.971. The highest BCUT2D eigenvalue weighted by Gasteiger charge is 2.20. The first-order valence-corrected chi connectivity index (χ1v) is 8.47. The SMILES string of the molecule is CCCNc1ncnc(NC2CCS(=O)CC2)c1OC. The van der Waals surface area contributed by atoms with Crippen LogP contribution in [0.2, 0.25) is 0 Å². The van der Waals surface area contributed by atoms with Crippen LogP contribution in [0.25, 0.3) is 0 Å². The van der Waals surface area contributed by atoms with Crippen molar-refractivity contribution in [3.63, 3.8) is 0 Å². The van der Waals surface area contributed by atoms with E-state index in [4.69, 9.17) is 4.74 Å². The van der Waals surface area contributed by atoms with Crippen LogP contribution in [0.5, 0.6) is 5.75 Å². The Balaban J connectivity index is 2.08. The molecule has 20 heavy (non-hydrogen) atoms. The minimum absolute atomic E-state index is 0.301. The monoisotopic (exact) mass is 298 g/mol. The highest BCUT2D eigenvalue weighted by Crippen LogP contribution is 2.30. The third kappa shape index (κ3) is 3.82. The molecule has 0 bridgehead atoms. The van der Waals surface area contributed by atoms with Crippen molar-refractivity contribution in [3.8, 4) is 5.75 Å². The molecule has 7 heteroatoms.